The van der Waals surface area contributed by atoms with Crippen LogP contribution in [0.5, 0.6) is 0 Å². The van der Waals surface area contributed by atoms with Crippen molar-refractivity contribution >= 4 is 16.6 Å². The minimum atomic E-state index is 0.596. The summed E-state index contributed by atoms with van der Waals surface area (Å²) in [6, 6.07) is 8.01. The van der Waals surface area contributed by atoms with Crippen molar-refractivity contribution in [2.24, 2.45) is 0 Å². The highest BCUT2D eigenvalue weighted by molar-refractivity contribution is 5.90. The van der Waals surface area contributed by atoms with Crippen molar-refractivity contribution in [2.45, 2.75) is 6.92 Å². The fourth-order valence-electron chi connectivity index (χ4n) is 1.37. The number of nitrogens with one attached hydrogen (secondary N) is 1. The van der Waals surface area contributed by atoms with E-state index in [0.717, 1.165) is 16.6 Å². The predicted octanol–water partition coefficient (Wildman–Crippen LogP) is 2.06. The highest BCUT2D eigenvalue weighted by Crippen LogP contribution is 2.18. The molecule has 0 fully saturated rings. The van der Waals surface area contributed by atoms with Gasteiger partial charge in [0.05, 0.1) is 12.7 Å². The minimum Gasteiger partial charge on any atom is -0.357 e. The third-order valence-electron chi connectivity index (χ3n) is 2.09. The van der Waals surface area contributed by atoms with Crippen LogP contribution < -0.4 is 5.32 Å². The summed E-state index contributed by atoms with van der Waals surface area (Å²) in [5.74, 6) is 6.55. The molecule has 1 heterocycles. The summed E-state index contributed by atoms with van der Waals surface area (Å²) >= 11 is 0. The quantitative estimate of drug-likeness (QED) is 0.749. The number of anilines is 1. The van der Waals surface area contributed by atoms with Gasteiger partial charge in [-0.15, -0.1) is 11.0 Å². The molecule has 0 atom stereocenters. The van der Waals surface area contributed by atoms with Gasteiger partial charge in [-0.3, -0.25) is 0 Å². The lowest BCUT2D eigenvalue weighted by Gasteiger charge is -2.03. The van der Waals surface area contributed by atoms with Crippen molar-refractivity contribution in [3.8, 4) is 11.8 Å². The second-order valence-corrected chi connectivity index (χ2v) is 3.06. The highest BCUT2D eigenvalue weighted by atomic mass is 15.2. The van der Waals surface area contributed by atoms with Gasteiger partial charge in [-0.05, 0) is 6.92 Å². The molecule has 1 aromatic carbocycles. The number of nitrogens with zero attached hydrogens (tertiary/aromatic N) is 2. The van der Waals surface area contributed by atoms with E-state index >= 15 is 0 Å². The molecule has 74 valence electrons. The van der Waals surface area contributed by atoms with E-state index in [0.29, 0.717) is 6.54 Å². The van der Waals surface area contributed by atoms with Gasteiger partial charge in [0.15, 0.2) is 5.82 Å². The van der Waals surface area contributed by atoms with Gasteiger partial charge in [-0.25, -0.2) is 0 Å². The number of rotatable bonds is 2. The van der Waals surface area contributed by atoms with Crippen molar-refractivity contribution < 1.29 is 0 Å². The molecule has 0 aliphatic carbocycles. The van der Waals surface area contributed by atoms with Crippen molar-refractivity contribution in [1.82, 2.24) is 10.2 Å². The Morgan fingerprint density at radius 1 is 1.33 bits per heavy atom. The van der Waals surface area contributed by atoms with Crippen molar-refractivity contribution in [3.05, 3.63) is 30.5 Å². The van der Waals surface area contributed by atoms with Gasteiger partial charge in [0.2, 0.25) is 0 Å². The molecule has 3 heteroatoms. The summed E-state index contributed by atoms with van der Waals surface area (Å²) in [7, 11) is 0. The Morgan fingerprint density at radius 2 is 2.20 bits per heavy atom. The first-order valence-corrected chi connectivity index (χ1v) is 4.75. The van der Waals surface area contributed by atoms with Crippen LogP contribution in [-0.4, -0.2) is 16.7 Å². The molecule has 0 amide bonds. The summed E-state index contributed by atoms with van der Waals surface area (Å²) in [6.45, 7) is 2.41. The van der Waals surface area contributed by atoms with E-state index in [1.165, 1.54) is 0 Å². The second-order valence-electron chi connectivity index (χ2n) is 3.06. The topological polar surface area (TPSA) is 37.8 Å². The SMILES string of the molecule is CC#CCNc1nncc2ccccc12. The molecular weight excluding hydrogens is 186 g/mol. The van der Waals surface area contributed by atoms with Gasteiger partial charge < -0.3 is 5.32 Å². The first-order chi connectivity index (χ1) is 7.42. The predicted molar refractivity (Wildman–Crippen MR) is 61.5 cm³/mol. The van der Waals surface area contributed by atoms with Crippen LogP contribution in [0, 0.1) is 11.8 Å². The lowest BCUT2D eigenvalue weighted by Crippen LogP contribution is -2.02. The first-order valence-electron chi connectivity index (χ1n) is 4.75. The molecule has 2 rings (SSSR count). The van der Waals surface area contributed by atoms with Crippen LogP contribution >= 0.6 is 0 Å². The first kappa shape index (κ1) is 9.47. The smallest absolute Gasteiger partial charge is 0.157 e. The van der Waals surface area contributed by atoms with E-state index < -0.39 is 0 Å². The van der Waals surface area contributed by atoms with Crippen molar-refractivity contribution in [2.75, 3.05) is 11.9 Å². The molecule has 0 spiro atoms. The maximum absolute atomic E-state index is 4.05. The summed E-state index contributed by atoms with van der Waals surface area (Å²) in [5, 5.41) is 13.3. The molecule has 1 aromatic heterocycles. The van der Waals surface area contributed by atoms with Crippen LogP contribution in [0.2, 0.25) is 0 Å². The summed E-state index contributed by atoms with van der Waals surface area (Å²) in [5.41, 5.74) is 0. The number of hydrogen-bond acceptors (Lipinski definition) is 3. The largest absolute Gasteiger partial charge is 0.357 e. The molecule has 0 saturated heterocycles. The van der Waals surface area contributed by atoms with Crippen LogP contribution in [-0.2, 0) is 0 Å². The molecule has 0 radical (unpaired) electrons. The Bertz CT molecular complexity index is 518. The standard InChI is InChI=1S/C12H11N3/c1-2-3-8-13-12-11-7-5-4-6-10(11)9-14-15-12/h4-7,9H,8H2,1H3,(H,13,15). The zero-order valence-corrected chi connectivity index (χ0v) is 8.49. The lowest BCUT2D eigenvalue weighted by molar-refractivity contribution is 1.04. The van der Waals surface area contributed by atoms with Gasteiger partial charge in [-0.2, -0.15) is 5.10 Å². The van der Waals surface area contributed by atoms with Crippen molar-refractivity contribution in [1.29, 1.82) is 0 Å². The molecule has 0 bridgehead atoms. The molecule has 2 aromatic rings. The van der Waals surface area contributed by atoms with Gasteiger partial charge in [0, 0.05) is 10.8 Å². The molecule has 0 unspecified atom stereocenters. The Hall–Kier alpha value is -2.08. The summed E-state index contributed by atoms with van der Waals surface area (Å²) in [4.78, 5) is 0. The summed E-state index contributed by atoms with van der Waals surface area (Å²) < 4.78 is 0. The second kappa shape index (κ2) is 4.43. The van der Waals surface area contributed by atoms with Crippen LogP contribution in [0.3, 0.4) is 0 Å². The van der Waals surface area contributed by atoms with E-state index in [4.69, 9.17) is 0 Å². The minimum absolute atomic E-state index is 0.596. The zero-order valence-electron chi connectivity index (χ0n) is 8.49. The number of hydrogen-bond donors (Lipinski definition) is 1. The van der Waals surface area contributed by atoms with Crippen LogP contribution in [0.15, 0.2) is 30.5 Å². The molecule has 3 nitrogen and oxygen atoms in total. The molecular formula is C12H11N3. The lowest BCUT2D eigenvalue weighted by atomic mass is 10.2. The van der Waals surface area contributed by atoms with Crippen LogP contribution in [0.4, 0.5) is 5.82 Å². The van der Waals surface area contributed by atoms with Crippen LogP contribution in [0.1, 0.15) is 6.92 Å². The monoisotopic (exact) mass is 197 g/mol. The third kappa shape index (κ3) is 2.05. The average Bonchev–Trinajstić information content (AvgIpc) is 2.30. The van der Waals surface area contributed by atoms with Gasteiger partial charge in [0.1, 0.15) is 0 Å². The Kier molecular flexibility index (Phi) is 2.80. The maximum atomic E-state index is 4.05. The maximum Gasteiger partial charge on any atom is 0.157 e. The normalized spacial score (nSPS) is 9.40. The fraction of sp³-hybridized carbons (Fsp3) is 0.167. The van der Waals surface area contributed by atoms with Crippen molar-refractivity contribution in [3.63, 3.8) is 0 Å². The van der Waals surface area contributed by atoms with Gasteiger partial charge >= 0.3 is 0 Å². The highest BCUT2D eigenvalue weighted by Gasteiger charge is 2.00. The molecule has 0 aliphatic heterocycles. The number of fused-ring (bicyclic) bond motifs is 1. The Balaban J connectivity index is 2.36. The van der Waals surface area contributed by atoms with Crippen LogP contribution in [0.25, 0.3) is 10.8 Å². The Labute approximate surface area is 88.5 Å². The average molecular weight is 197 g/mol. The zero-order chi connectivity index (χ0) is 10.5. The third-order valence-corrected chi connectivity index (χ3v) is 2.09. The van der Waals surface area contributed by atoms with Gasteiger partial charge in [-0.1, -0.05) is 30.2 Å². The van der Waals surface area contributed by atoms with E-state index in [9.17, 15) is 0 Å². The van der Waals surface area contributed by atoms with E-state index in [1.807, 2.05) is 31.2 Å². The number of aromatic nitrogens is 2. The number of benzene rings is 1. The van der Waals surface area contributed by atoms with Gasteiger partial charge in [0.25, 0.3) is 0 Å². The van der Waals surface area contributed by atoms with E-state index in [1.54, 1.807) is 6.20 Å². The molecule has 0 aliphatic rings. The Morgan fingerprint density at radius 3 is 3.07 bits per heavy atom. The molecule has 0 saturated carbocycles. The molecule has 15 heavy (non-hydrogen) atoms. The van der Waals surface area contributed by atoms with E-state index in [2.05, 4.69) is 27.4 Å². The van der Waals surface area contributed by atoms with E-state index in [-0.39, 0.29) is 0 Å². The molecule has 1 N–H and O–H groups in total. The summed E-state index contributed by atoms with van der Waals surface area (Å²) in [6.07, 6.45) is 1.76. The fourth-order valence-corrected chi connectivity index (χ4v) is 1.37.